The van der Waals surface area contributed by atoms with E-state index >= 15 is 0 Å². The number of hydrogen-bond acceptors (Lipinski definition) is 4. The fourth-order valence-corrected chi connectivity index (χ4v) is 4.18. The summed E-state index contributed by atoms with van der Waals surface area (Å²) in [5, 5.41) is 0.550. The monoisotopic (exact) mass is 405 g/mol. The standard InChI is InChI=1S/C24H27N3O3/c1-17-25-22-6-4-3-5-21(22)24(29)27(17)16-23(28)26-13-11-19(12-14-26)15-18-7-9-20(30-2)10-8-18/h3-10,19H,11-16H2,1-2H3. The number of aromatic nitrogens is 2. The van der Waals surface area contributed by atoms with Gasteiger partial charge in [-0.2, -0.15) is 0 Å². The molecule has 4 rings (SSSR count). The number of amides is 1. The van der Waals surface area contributed by atoms with Gasteiger partial charge in [0.1, 0.15) is 18.1 Å². The Balaban J connectivity index is 1.38. The highest BCUT2D eigenvalue weighted by Crippen LogP contribution is 2.23. The number of carbonyl (C=O) groups is 1. The van der Waals surface area contributed by atoms with Crippen molar-refractivity contribution in [1.82, 2.24) is 14.5 Å². The normalized spacial score (nSPS) is 14.8. The van der Waals surface area contributed by atoms with Crippen molar-refractivity contribution in [3.05, 3.63) is 70.3 Å². The lowest BCUT2D eigenvalue weighted by atomic mass is 9.90. The van der Waals surface area contributed by atoms with Gasteiger partial charge in [-0.25, -0.2) is 4.98 Å². The first-order valence-electron chi connectivity index (χ1n) is 10.4. The molecule has 1 aliphatic rings. The maximum atomic E-state index is 12.9. The molecule has 6 nitrogen and oxygen atoms in total. The predicted molar refractivity (Wildman–Crippen MR) is 117 cm³/mol. The quantitative estimate of drug-likeness (QED) is 0.654. The van der Waals surface area contributed by atoms with Crippen LogP contribution in [0.1, 0.15) is 24.2 Å². The van der Waals surface area contributed by atoms with Crippen LogP contribution in [0.25, 0.3) is 10.9 Å². The molecule has 0 radical (unpaired) electrons. The van der Waals surface area contributed by atoms with E-state index in [2.05, 4.69) is 17.1 Å². The van der Waals surface area contributed by atoms with E-state index in [0.29, 0.717) is 22.6 Å². The Labute approximate surface area is 176 Å². The summed E-state index contributed by atoms with van der Waals surface area (Å²) < 4.78 is 6.71. The van der Waals surface area contributed by atoms with Gasteiger partial charge < -0.3 is 9.64 Å². The Bertz CT molecular complexity index is 1100. The zero-order valence-electron chi connectivity index (χ0n) is 17.5. The van der Waals surface area contributed by atoms with E-state index in [1.807, 2.05) is 35.2 Å². The first-order chi connectivity index (χ1) is 14.5. The van der Waals surface area contributed by atoms with Gasteiger partial charge >= 0.3 is 0 Å². The lowest BCUT2D eigenvalue weighted by molar-refractivity contribution is -0.133. The van der Waals surface area contributed by atoms with Crippen LogP contribution >= 0.6 is 0 Å². The van der Waals surface area contributed by atoms with Crippen LogP contribution in [0.5, 0.6) is 5.75 Å². The molecule has 156 valence electrons. The van der Waals surface area contributed by atoms with Crippen LogP contribution in [-0.4, -0.2) is 40.6 Å². The molecule has 1 aliphatic heterocycles. The second kappa shape index (κ2) is 8.69. The second-order valence-electron chi connectivity index (χ2n) is 7.94. The molecular formula is C24H27N3O3. The van der Waals surface area contributed by atoms with Crippen molar-refractivity contribution in [1.29, 1.82) is 0 Å². The molecule has 1 amide bonds. The Morgan fingerprint density at radius 3 is 2.50 bits per heavy atom. The van der Waals surface area contributed by atoms with Gasteiger partial charge in [-0.1, -0.05) is 24.3 Å². The number of methoxy groups -OCH3 is 1. The molecule has 0 unspecified atom stereocenters. The maximum absolute atomic E-state index is 12.9. The molecule has 0 bridgehead atoms. The zero-order valence-corrected chi connectivity index (χ0v) is 17.5. The molecule has 6 heteroatoms. The number of carbonyl (C=O) groups excluding carboxylic acids is 1. The highest BCUT2D eigenvalue weighted by molar-refractivity contribution is 5.79. The van der Waals surface area contributed by atoms with E-state index in [1.165, 1.54) is 10.1 Å². The smallest absolute Gasteiger partial charge is 0.261 e. The van der Waals surface area contributed by atoms with Crippen LogP contribution in [0.4, 0.5) is 0 Å². The van der Waals surface area contributed by atoms with Crippen molar-refractivity contribution < 1.29 is 9.53 Å². The van der Waals surface area contributed by atoms with E-state index in [1.54, 1.807) is 20.1 Å². The topological polar surface area (TPSA) is 64.4 Å². The van der Waals surface area contributed by atoms with Gasteiger partial charge in [0, 0.05) is 13.1 Å². The first kappa shape index (κ1) is 20.1. The van der Waals surface area contributed by atoms with Crippen molar-refractivity contribution in [2.24, 2.45) is 5.92 Å². The van der Waals surface area contributed by atoms with Crippen molar-refractivity contribution in [3.8, 4) is 5.75 Å². The highest BCUT2D eigenvalue weighted by atomic mass is 16.5. The second-order valence-corrected chi connectivity index (χ2v) is 7.94. The molecule has 2 heterocycles. The first-order valence-corrected chi connectivity index (χ1v) is 10.4. The van der Waals surface area contributed by atoms with Gasteiger partial charge in [0.2, 0.25) is 5.91 Å². The molecule has 3 aromatic rings. The minimum atomic E-state index is -0.152. The largest absolute Gasteiger partial charge is 0.497 e. The summed E-state index contributed by atoms with van der Waals surface area (Å²) >= 11 is 0. The summed E-state index contributed by atoms with van der Waals surface area (Å²) in [5.41, 5.74) is 1.81. The van der Waals surface area contributed by atoms with Crippen LogP contribution in [-0.2, 0) is 17.8 Å². The number of aryl methyl sites for hydroxylation is 1. The van der Waals surface area contributed by atoms with E-state index in [-0.39, 0.29) is 18.0 Å². The average Bonchev–Trinajstić information content (AvgIpc) is 2.77. The third-order valence-electron chi connectivity index (χ3n) is 6.00. The SMILES string of the molecule is COc1ccc(CC2CCN(C(=O)Cn3c(C)nc4ccccc4c3=O)CC2)cc1. The molecule has 30 heavy (non-hydrogen) atoms. The fourth-order valence-electron chi connectivity index (χ4n) is 4.18. The van der Waals surface area contributed by atoms with Gasteiger partial charge in [-0.3, -0.25) is 14.2 Å². The molecule has 0 atom stereocenters. The van der Waals surface area contributed by atoms with E-state index in [0.717, 1.165) is 38.1 Å². The summed E-state index contributed by atoms with van der Waals surface area (Å²) in [6.45, 7) is 3.29. The minimum absolute atomic E-state index is 0.0137. The molecule has 1 saturated heterocycles. The van der Waals surface area contributed by atoms with Crippen LogP contribution in [0.2, 0.25) is 0 Å². The maximum Gasteiger partial charge on any atom is 0.261 e. The van der Waals surface area contributed by atoms with Gasteiger partial charge in [0.25, 0.3) is 5.56 Å². The molecule has 0 aliphatic carbocycles. The number of benzene rings is 2. The summed E-state index contributed by atoms with van der Waals surface area (Å²) in [7, 11) is 1.67. The van der Waals surface area contributed by atoms with Crippen molar-refractivity contribution in [2.45, 2.75) is 32.7 Å². The minimum Gasteiger partial charge on any atom is -0.497 e. The number of piperidine rings is 1. The van der Waals surface area contributed by atoms with Crippen molar-refractivity contribution in [3.63, 3.8) is 0 Å². The van der Waals surface area contributed by atoms with Crippen LogP contribution in [0, 0.1) is 12.8 Å². The number of rotatable bonds is 5. The van der Waals surface area contributed by atoms with Crippen LogP contribution in [0.15, 0.2) is 53.3 Å². The van der Waals surface area contributed by atoms with Crippen molar-refractivity contribution >= 4 is 16.8 Å². The molecule has 0 N–H and O–H groups in total. The predicted octanol–water partition coefficient (Wildman–Crippen LogP) is 3.19. The summed E-state index contributed by atoms with van der Waals surface area (Å²) in [4.78, 5) is 32.0. The Morgan fingerprint density at radius 1 is 1.10 bits per heavy atom. The highest BCUT2D eigenvalue weighted by Gasteiger charge is 2.24. The van der Waals surface area contributed by atoms with Gasteiger partial charge in [-0.15, -0.1) is 0 Å². The Hall–Kier alpha value is -3.15. The van der Waals surface area contributed by atoms with E-state index in [4.69, 9.17) is 4.74 Å². The third-order valence-corrected chi connectivity index (χ3v) is 6.00. The van der Waals surface area contributed by atoms with Gasteiger partial charge in [0.15, 0.2) is 0 Å². The third kappa shape index (κ3) is 4.22. The Morgan fingerprint density at radius 2 is 1.80 bits per heavy atom. The molecule has 2 aromatic carbocycles. The van der Waals surface area contributed by atoms with Crippen molar-refractivity contribution in [2.75, 3.05) is 20.2 Å². The Kier molecular flexibility index (Phi) is 5.84. The lowest BCUT2D eigenvalue weighted by Gasteiger charge is -2.32. The van der Waals surface area contributed by atoms with Gasteiger partial charge in [-0.05, 0) is 61.9 Å². The summed E-state index contributed by atoms with van der Waals surface area (Å²) in [5.74, 6) is 1.99. The number of ether oxygens (including phenoxy) is 1. The zero-order chi connectivity index (χ0) is 21.1. The number of fused-ring (bicyclic) bond motifs is 1. The average molecular weight is 405 g/mol. The molecule has 1 aromatic heterocycles. The fraction of sp³-hybridized carbons (Fsp3) is 0.375. The van der Waals surface area contributed by atoms with E-state index < -0.39 is 0 Å². The number of hydrogen-bond donors (Lipinski definition) is 0. The molecule has 1 fully saturated rings. The van der Waals surface area contributed by atoms with E-state index in [9.17, 15) is 9.59 Å². The number of para-hydroxylation sites is 1. The number of likely N-dealkylation sites (tertiary alicyclic amines) is 1. The molecular weight excluding hydrogens is 378 g/mol. The lowest BCUT2D eigenvalue weighted by Crippen LogP contribution is -2.42. The molecule has 0 saturated carbocycles. The van der Waals surface area contributed by atoms with Crippen LogP contribution < -0.4 is 10.3 Å². The summed E-state index contributed by atoms with van der Waals surface area (Å²) in [6.07, 6.45) is 2.96. The molecule has 0 spiro atoms. The summed E-state index contributed by atoms with van der Waals surface area (Å²) in [6, 6.07) is 15.5. The number of nitrogens with zero attached hydrogens (tertiary/aromatic N) is 3. The van der Waals surface area contributed by atoms with Crippen LogP contribution in [0.3, 0.4) is 0 Å². The van der Waals surface area contributed by atoms with Gasteiger partial charge in [0.05, 0.1) is 18.0 Å².